The van der Waals surface area contributed by atoms with Gasteiger partial charge in [-0.3, -0.25) is 4.79 Å². The molecule has 1 unspecified atom stereocenters. The van der Waals surface area contributed by atoms with Crippen LogP contribution >= 0.6 is 0 Å². The Morgan fingerprint density at radius 1 is 1.31 bits per heavy atom. The fourth-order valence-electron chi connectivity index (χ4n) is 2.84. The number of hydrogen-bond donors (Lipinski definition) is 2. The standard InChI is InChI=1S/C12H23N3O/c1-2-15(10-5-3-4-6-10)12(16)11-9-13-7-8-14-11/h10-11,13-14H,2-9H2,1H3. The van der Waals surface area contributed by atoms with Crippen molar-refractivity contribution in [3.63, 3.8) is 0 Å². The van der Waals surface area contributed by atoms with Gasteiger partial charge in [0.2, 0.25) is 5.91 Å². The summed E-state index contributed by atoms with van der Waals surface area (Å²) in [5, 5.41) is 6.58. The highest BCUT2D eigenvalue weighted by atomic mass is 16.2. The van der Waals surface area contributed by atoms with Gasteiger partial charge in [-0.15, -0.1) is 0 Å². The first-order chi connectivity index (χ1) is 7.83. The number of carbonyl (C=O) groups is 1. The smallest absolute Gasteiger partial charge is 0.241 e. The van der Waals surface area contributed by atoms with Crippen LogP contribution in [0.15, 0.2) is 0 Å². The summed E-state index contributed by atoms with van der Waals surface area (Å²) in [7, 11) is 0. The Bertz CT molecular complexity index is 232. The molecule has 1 aliphatic carbocycles. The largest absolute Gasteiger partial charge is 0.339 e. The van der Waals surface area contributed by atoms with E-state index in [0.717, 1.165) is 26.2 Å². The molecular formula is C12H23N3O. The lowest BCUT2D eigenvalue weighted by atomic mass is 10.1. The number of amides is 1. The van der Waals surface area contributed by atoms with Gasteiger partial charge in [-0.25, -0.2) is 0 Å². The number of carbonyl (C=O) groups excluding carboxylic acids is 1. The molecule has 2 fully saturated rings. The molecule has 0 bridgehead atoms. The van der Waals surface area contributed by atoms with Crippen molar-refractivity contribution in [3.05, 3.63) is 0 Å². The Labute approximate surface area is 97.8 Å². The highest BCUT2D eigenvalue weighted by Gasteiger charge is 2.30. The maximum atomic E-state index is 12.3. The molecule has 4 heteroatoms. The average molecular weight is 225 g/mol. The minimum absolute atomic E-state index is 0.00528. The lowest BCUT2D eigenvalue weighted by Crippen LogP contribution is -2.58. The molecule has 2 N–H and O–H groups in total. The summed E-state index contributed by atoms with van der Waals surface area (Å²) in [5.41, 5.74) is 0. The molecule has 1 atom stereocenters. The molecule has 1 amide bonds. The molecule has 1 heterocycles. The minimum atomic E-state index is -0.00528. The van der Waals surface area contributed by atoms with Crippen LogP contribution in [0.25, 0.3) is 0 Å². The monoisotopic (exact) mass is 225 g/mol. The van der Waals surface area contributed by atoms with Crippen molar-refractivity contribution in [3.8, 4) is 0 Å². The number of nitrogens with zero attached hydrogens (tertiary/aromatic N) is 1. The van der Waals surface area contributed by atoms with Crippen LogP contribution in [0.1, 0.15) is 32.6 Å². The van der Waals surface area contributed by atoms with Gasteiger partial charge < -0.3 is 15.5 Å². The molecule has 4 nitrogen and oxygen atoms in total. The summed E-state index contributed by atoms with van der Waals surface area (Å²) < 4.78 is 0. The molecule has 1 saturated carbocycles. The topological polar surface area (TPSA) is 44.4 Å². The number of nitrogens with one attached hydrogen (secondary N) is 2. The first kappa shape index (κ1) is 11.9. The summed E-state index contributed by atoms with van der Waals surface area (Å²) in [4.78, 5) is 14.4. The molecule has 0 aromatic carbocycles. The number of likely N-dealkylation sites (N-methyl/N-ethyl adjacent to an activating group) is 1. The van der Waals surface area contributed by atoms with Gasteiger partial charge >= 0.3 is 0 Å². The molecule has 0 radical (unpaired) electrons. The molecule has 2 rings (SSSR count). The summed E-state index contributed by atoms with van der Waals surface area (Å²) in [6.45, 7) is 5.59. The summed E-state index contributed by atoms with van der Waals surface area (Å²) in [6, 6.07) is 0.496. The van der Waals surface area contributed by atoms with Gasteiger partial charge in [-0.05, 0) is 19.8 Å². The predicted octanol–water partition coefficient (Wildman–Crippen LogP) is 0.339. The quantitative estimate of drug-likeness (QED) is 0.728. The van der Waals surface area contributed by atoms with E-state index in [2.05, 4.69) is 22.5 Å². The third-order valence-electron chi connectivity index (χ3n) is 3.73. The second kappa shape index (κ2) is 5.64. The van der Waals surface area contributed by atoms with Gasteiger partial charge in [0.25, 0.3) is 0 Å². The van der Waals surface area contributed by atoms with Crippen LogP contribution in [0.2, 0.25) is 0 Å². The molecule has 0 aromatic heterocycles. The summed E-state index contributed by atoms with van der Waals surface area (Å²) >= 11 is 0. The second-order valence-corrected chi connectivity index (χ2v) is 4.77. The third-order valence-corrected chi connectivity index (χ3v) is 3.73. The molecule has 0 aromatic rings. The number of hydrogen-bond acceptors (Lipinski definition) is 3. The molecule has 1 saturated heterocycles. The maximum Gasteiger partial charge on any atom is 0.241 e. The molecule has 1 aliphatic heterocycles. The first-order valence-corrected chi connectivity index (χ1v) is 6.57. The van der Waals surface area contributed by atoms with E-state index in [4.69, 9.17) is 0 Å². The second-order valence-electron chi connectivity index (χ2n) is 4.77. The molecule has 2 aliphatic rings. The Morgan fingerprint density at radius 2 is 2.06 bits per heavy atom. The van der Waals surface area contributed by atoms with Crippen LogP contribution in [0, 0.1) is 0 Å². The van der Waals surface area contributed by atoms with E-state index in [0.29, 0.717) is 11.9 Å². The highest BCUT2D eigenvalue weighted by molar-refractivity contribution is 5.82. The molecule has 16 heavy (non-hydrogen) atoms. The Kier molecular flexibility index (Phi) is 4.18. The summed E-state index contributed by atoms with van der Waals surface area (Å²) in [6.07, 6.45) is 4.95. The van der Waals surface area contributed by atoms with E-state index in [-0.39, 0.29) is 6.04 Å². The lowest BCUT2D eigenvalue weighted by Gasteiger charge is -2.33. The van der Waals surface area contributed by atoms with Crippen molar-refractivity contribution >= 4 is 5.91 Å². The van der Waals surface area contributed by atoms with E-state index in [1.54, 1.807) is 0 Å². The average Bonchev–Trinajstić information content (AvgIpc) is 2.85. The van der Waals surface area contributed by atoms with Gasteiger partial charge in [0.1, 0.15) is 0 Å². The van der Waals surface area contributed by atoms with Crippen molar-refractivity contribution in [1.29, 1.82) is 0 Å². The molecule has 92 valence electrons. The Hall–Kier alpha value is -0.610. The Morgan fingerprint density at radius 3 is 2.62 bits per heavy atom. The van der Waals surface area contributed by atoms with Crippen molar-refractivity contribution in [2.24, 2.45) is 0 Å². The van der Waals surface area contributed by atoms with E-state index in [1.165, 1.54) is 25.7 Å². The molecular weight excluding hydrogens is 202 g/mol. The summed E-state index contributed by atoms with van der Waals surface area (Å²) in [5.74, 6) is 0.293. The van der Waals surface area contributed by atoms with E-state index in [9.17, 15) is 4.79 Å². The highest BCUT2D eigenvalue weighted by Crippen LogP contribution is 2.23. The van der Waals surface area contributed by atoms with Crippen LogP contribution in [0.3, 0.4) is 0 Å². The SMILES string of the molecule is CCN(C(=O)C1CNCCN1)C1CCCC1. The fourth-order valence-corrected chi connectivity index (χ4v) is 2.84. The van der Waals surface area contributed by atoms with E-state index in [1.807, 2.05) is 0 Å². The van der Waals surface area contributed by atoms with Crippen LogP contribution in [0.4, 0.5) is 0 Å². The van der Waals surface area contributed by atoms with Crippen LogP contribution in [0.5, 0.6) is 0 Å². The maximum absolute atomic E-state index is 12.3. The van der Waals surface area contributed by atoms with Gasteiger partial charge in [-0.1, -0.05) is 12.8 Å². The normalized spacial score (nSPS) is 26.9. The Balaban J connectivity index is 1.93. The predicted molar refractivity (Wildman–Crippen MR) is 64.3 cm³/mol. The van der Waals surface area contributed by atoms with Crippen LogP contribution < -0.4 is 10.6 Å². The molecule has 0 spiro atoms. The number of rotatable bonds is 3. The zero-order chi connectivity index (χ0) is 11.4. The zero-order valence-electron chi connectivity index (χ0n) is 10.2. The van der Waals surface area contributed by atoms with Crippen molar-refractivity contribution in [1.82, 2.24) is 15.5 Å². The van der Waals surface area contributed by atoms with Crippen LogP contribution in [-0.2, 0) is 4.79 Å². The van der Waals surface area contributed by atoms with Gasteiger partial charge in [0, 0.05) is 32.2 Å². The zero-order valence-corrected chi connectivity index (χ0v) is 10.2. The van der Waals surface area contributed by atoms with Gasteiger partial charge in [-0.2, -0.15) is 0 Å². The van der Waals surface area contributed by atoms with Crippen molar-refractivity contribution in [2.45, 2.75) is 44.7 Å². The van der Waals surface area contributed by atoms with Gasteiger partial charge in [0.05, 0.1) is 6.04 Å². The lowest BCUT2D eigenvalue weighted by molar-refractivity contribution is -0.135. The number of piperazine rings is 1. The van der Waals surface area contributed by atoms with Crippen molar-refractivity contribution in [2.75, 3.05) is 26.2 Å². The third kappa shape index (κ3) is 2.55. The van der Waals surface area contributed by atoms with Crippen LogP contribution in [-0.4, -0.2) is 49.1 Å². The van der Waals surface area contributed by atoms with Gasteiger partial charge in [0.15, 0.2) is 0 Å². The van der Waals surface area contributed by atoms with E-state index >= 15 is 0 Å². The van der Waals surface area contributed by atoms with Crippen molar-refractivity contribution < 1.29 is 4.79 Å². The minimum Gasteiger partial charge on any atom is -0.339 e. The van der Waals surface area contributed by atoms with E-state index < -0.39 is 0 Å². The fraction of sp³-hybridized carbons (Fsp3) is 0.917. The first-order valence-electron chi connectivity index (χ1n) is 6.57.